The van der Waals surface area contributed by atoms with Crippen molar-refractivity contribution in [3.63, 3.8) is 0 Å². The minimum absolute atomic E-state index is 0.131. The second-order valence-electron chi connectivity index (χ2n) is 11.9. The highest BCUT2D eigenvalue weighted by molar-refractivity contribution is 5.87. The van der Waals surface area contributed by atoms with E-state index in [0.717, 1.165) is 63.5 Å². The smallest absolute Gasteiger partial charge is 0.220 e. The Morgan fingerprint density at radius 2 is 1.94 bits per heavy atom. The first kappa shape index (κ1) is 23.9. The third-order valence-electron chi connectivity index (χ3n) is 9.98. The molecule has 0 bridgehead atoms. The minimum Gasteiger partial charge on any atom is -0.497 e. The zero-order valence-corrected chi connectivity index (χ0v) is 21.2. The van der Waals surface area contributed by atoms with Gasteiger partial charge in [0, 0.05) is 24.3 Å². The van der Waals surface area contributed by atoms with Gasteiger partial charge in [-0.3, -0.25) is 9.59 Å². The van der Waals surface area contributed by atoms with Crippen LogP contribution >= 0.6 is 0 Å². The molecule has 34 heavy (non-hydrogen) atoms. The molecule has 1 amide bonds. The monoisotopic (exact) mass is 465 g/mol. The van der Waals surface area contributed by atoms with E-state index >= 15 is 0 Å². The highest BCUT2D eigenvalue weighted by atomic mass is 16.5. The van der Waals surface area contributed by atoms with E-state index in [0.29, 0.717) is 41.9 Å². The largest absolute Gasteiger partial charge is 0.497 e. The van der Waals surface area contributed by atoms with Crippen molar-refractivity contribution in [2.45, 2.75) is 109 Å². The van der Waals surface area contributed by atoms with Gasteiger partial charge >= 0.3 is 0 Å². The first-order chi connectivity index (χ1) is 16.5. The summed E-state index contributed by atoms with van der Waals surface area (Å²) in [5, 5.41) is 3.26. The average Bonchev–Trinajstić information content (AvgIpc) is 3.11. The molecular formula is C30H43NO3. The molecule has 0 spiro atoms. The first-order valence-corrected chi connectivity index (χ1v) is 14.0. The summed E-state index contributed by atoms with van der Waals surface area (Å²) in [6.07, 6.45) is 15.1. The van der Waals surface area contributed by atoms with Crippen LogP contribution < -0.4 is 10.1 Å². The normalized spacial score (nSPS) is 33.1. The van der Waals surface area contributed by atoms with Crippen LogP contribution in [-0.2, 0) is 16.0 Å². The minimum atomic E-state index is -0.131. The molecule has 4 heteroatoms. The van der Waals surface area contributed by atoms with Crippen LogP contribution in [0.3, 0.4) is 0 Å². The van der Waals surface area contributed by atoms with E-state index in [1.165, 1.54) is 36.8 Å². The van der Waals surface area contributed by atoms with Crippen LogP contribution in [0.15, 0.2) is 18.2 Å². The van der Waals surface area contributed by atoms with Crippen molar-refractivity contribution in [3.05, 3.63) is 29.3 Å². The fourth-order valence-corrected chi connectivity index (χ4v) is 8.25. The van der Waals surface area contributed by atoms with Crippen LogP contribution in [-0.4, -0.2) is 24.8 Å². The zero-order chi connectivity index (χ0) is 23.7. The average molecular weight is 466 g/mol. The highest BCUT2D eigenvalue weighted by Gasteiger charge is 2.58. The van der Waals surface area contributed by atoms with E-state index in [1.54, 1.807) is 7.11 Å². The van der Waals surface area contributed by atoms with Gasteiger partial charge in [0.25, 0.3) is 0 Å². The lowest BCUT2D eigenvalue weighted by Gasteiger charge is -2.50. The van der Waals surface area contributed by atoms with Gasteiger partial charge in [-0.25, -0.2) is 0 Å². The van der Waals surface area contributed by atoms with E-state index in [9.17, 15) is 9.59 Å². The Morgan fingerprint density at radius 1 is 1.12 bits per heavy atom. The fourth-order valence-electron chi connectivity index (χ4n) is 8.25. The summed E-state index contributed by atoms with van der Waals surface area (Å²) < 4.78 is 5.47. The maximum Gasteiger partial charge on any atom is 0.220 e. The van der Waals surface area contributed by atoms with Gasteiger partial charge in [-0.1, -0.05) is 38.7 Å². The van der Waals surface area contributed by atoms with Gasteiger partial charge in [-0.15, -0.1) is 0 Å². The Bertz CT molecular complexity index is 904. The molecule has 0 aromatic heterocycles. The van der Waals surface area contributed by atoms with Crippen LogP contribution in [0.25, 0.3) is 0 Å². The van der Waals surface area contributed by atoms with Crippen LogP contribution in [0.1, 0.15) is 107 Å². The molecule has 186 valence electrons. The number of hydrogen-bond donors (Lipinski definition) is 1. The van der Waals surface area contributed by atoms with Crippen molar-refractivity contribution in [2.75, 3.05) is 7.11 Å². The van der Waals surface area contributed by atoms with Gasteiger partial charge in [-0.2, -0.15) is 0 Å². The maximum atomic E-state index is 13.2. The number of benzene rings is 1. The van der Waals surface area contributed by atoms with Gasteiger partial charge in [0.15, 0.2) is 0 Å². The predicted molar refractivity (Wildman–Crippen MR) is 135 cm³/mol. The van der Waals surface area contributed by atoms with Crippen molar-refractivity contribution >= 4 is 11.7 Å². The summed E-state index contributed by atoms with van der Waals surface area (Å²) in [7, 11) is 1.74. The van der Waals surface area contributed by atoms with Crippen molar-refractivity contribution in [1.82, 2.24) is 5.32 Å². The number of unbranched alkanes of at least 4 members (excludes halogenated alkanes) is 1. The summed E-state index contributed by atoms with van der Waals surface area (Å²) in [5.74, 6) is 3.90. The summed E-state index contributed by atoms with van der Waals surface area (Å²) >= 11 is 0. The SMILES string of the molecule is COc1ccc2c(c1)CCC1C2CC[C@]2(C)C(=O)C[C@@H](CCCCC(=O)NC3CCCCC3)C12. The number of ether oxygens (including phenoxy) is 1. The number of carbonyl (C=O) groups excluding carboxylic acids is 2. The Hall–Kier alpha value is -1.84. The number of hydrogen-bond acceptors (Lipinski definition) is 3. The van der Waals surface area contributed by atoms with Gasteiger partial charge in [-0.05, 0) is 98.3 Å². The second-order valence-corrected chi connectivity index (χ2v) is 11.9. The second kappa shape index (κ2) is 10.0. The van der Waals surface area contributed by atoms with Gasteiger partial charge < -0.3 is 10.1 Å². The summed E-state index contributed by atoms with van der Waals surface area (Å²) in [4.78, 5) is 25.6. The molecule has 1 aromatic carbocycles. The van der Waals surface area contributed by atoms with Crippen molar-refractivity contribution in [3.8, 4) is 5.75 Å². The fraction of sp³-hybridized carbons (Fsp3) is 0.733. The van der Waals surface area contributed by atoms with Gasteiger partial charge in [0.05, 0.1) is 7.11 Å². The molecule has 0 radical (unpaired) electrons. The Morgan fingerprint density at radius 3 is 2.74 bits per heavy atom. The van der Waals surface area contributed by atoms with Crippen LogP contribution in [0.5, 0.6) is 5.75 Å². The van der Waals surface area contributed by atoms with Crippen LogP contribution in [0, 0.1) is 23.2 Å². The molecular weight excluding hydrogens is 422 g/mol. The van der Waals surface area contributed by atoms with Crippen LogP contribution in [0.4, 0.5) is 0 Å². The molecule has 0 aliphatic heterocycles. The number of ketones is 1. The number of carbonyl (C=O) groups is 2. The van der Waals surface area contributed by atoms with E-state index in [2.05, 4.69) is 30.4 Å². The molecule has 4 aliphatic rings. The van der Waals surface area contributed by atoms with Gasteiger partial charge in [0.1, 0.15) is 11.5 Å². The summed E-state index contributed by atoms with van der Waals surface area (Å²) in [5.41, 5.74) is 2.83. The number of Topliss-reactive ketones (excluding diaryl/α,β-unsaturated/α-hetero) is 1. The maximum absolute atomic E-state index is 13.2. The Labute approximate surface area is 205 Å². The molecule has 1 aromatic rings. The molecule has 1 N–H and O–H groups in total. The van der Waals surface area contributed by atoms with Crippen molar-refractivity contribution in [1.29, 1.82) is 0 Å². The number of rotatable bonds is 7. The third kappa shape index (κ3) is 4.54. The first-order valence-electron chi connectivity index (χ1n) is 14.0. The van der Waals surface area contributed by atoms with Crippen LogP contribution in [0.2, 0.25) is 0 Å². The molecule has 4 aliphatic carbocycles. The van der Waals surface area contributed by atoms with E-state index in [4.69, 9.17) is 4.74 Å². The lowest BCUT2D eigenvalue weighted by molar-refractivity contribution is -0.129. The molecule has 0 heterocycles. The highest BCUT2D eigenvalue weighted by Crippen LogP contribution is 2.62. The lowest BCUT2D eigenvalue weighted by Crippen LogP contribution is -2.44. The number of amides is 1. The Kier molecular flexibility index (Phi) is 7.04. The van der Waals surface area contributed by atoms with E-state index < -0.39 is 0 Å². The van der Waals surface area contributed by atoms with E-state index in [-0.39, 0.29) is 11.3 Å². The Balaban J connectivity index is 1.20. The van der Waals surface area contributed by atoms with E-state index in [1.807, 2.05) is 0 Å². The predicted octanol–water partition coefficient (Wildman–Crippen LogP) is 6.36. The summed E-state index contributed by atoms with van der Waals surface area (Å²) in [6.45, 7) is 2.28. The molecule has 3 fully saturated rings. The molecule has 3 saturated carbocycles. The van der Waals surface area contributed by atoms with Crippen molar-refractivity contribution in [2.24, 2.45) is 23.2 Å². The molecule has 3 unspecified atom stereocenters. The van der Waals surface area contributed by atoms with Crippen molar-refractivity contribution < 1.29 is 14.3 Å². The quantitative estimate of drug-likeness (QED) is 0.477. The molecule has 0 saturated heterocycles. The molecule has 5 rings (SSSR count). The zero-order valence-electron chi connectivity index (χ0n) is 21.2. The lowest BCUT2D eigenvalue weighted by atomic mass is 9.54. The summed E-state index contributed by atoms with van der Waals surface area (Å²) in [6, 6.07) is 7.05. The number of aryl methyl sites for hydroxylation is 1. The molecule has 4 nitrogen and oxygen atoms in total. The molecule has 5 atom stereocenters. The standard InChI is InChI=1S/C30H43NO3/c1-30-17-16-25-24-15-13-23(34-2)18-20(24)12-14-26(25)29(30)21(19-27(30)32)8-6-7-11-28(33)31-22-9-4-3-5-10-22/h13,15,18,21-22,25-26,29H,3-12,14,16-17,19H2,1-2H3,(H,31,33)/t21-,25?,26?,29?,30-/m1/s1. The number of nitrogens with one attached hydrogen (secondary N) is 1. The topological polar surface area (TPSA) is 55.4 Å². The number of fused-ring (bicyclic) bond motifs is 5. The van der Waals surface area contributed by atoms with Gasteiger partial charge in [0.2, 0.25) is 5.91 Å². The third-order valence-corrected chi connectivity index (χ3v) is 9.98. The number of methoxy groups -OCH3 is 1.